The van der Waals surface area contributed by atoms with Crippen LogP contribution in [-0.2, 0) is 24.2 Å². The molecule has 0 saturated carbocycles. The van der Waals surface area contributed by atoms with Gasteiger partial charge in [-0.2, -0.15) is 0 Å². The summed E-state index contributed by atoms with van der Waals surface area (Å²) in [4.78, 5) is 23.7. The van der Waals surface area contributed by atoms with Gasteiger partial charge in [0.2, 0.25) is 0 Å². The summed E-state index contributed by atoms with van der Waals surface area (Å²) < 4.78 is 27.7. The number of hydrogen-bond acceptors (Lipinski definition) is 5. The lowest BCUT2D eigenvalue weighted by Gasteiger charge is -2.13. The fourth-order valence-corrected chi connectivity index (χ4v) is 4.89. The van der Waals surface area contributed by atoms with Crippen molar-refractivity contribution >= 4 is 27.4 Å². The summed E-state index contributed by atoms with van der Waals surface area (Å²) in [5, 5.41) is 2.76. The van der Waals surface area contributed by atoms with Crippen molar-refractivity contribution in [1.82, 2.24) is 0 Å². The van der Waals surface area contributed by atoms with Crippen LogP contribution >= 0.6 is 0 Å². The molecule has 1 fully saturated rings. The highest BCUT2D eigenvalue weighted by molar-refractivity contribution is 7.91. The summed E-state index contributed by atoms with van der Waals surface area (Å²) in [5.74, 6) is -0.998. The van der Waals surface area contributed by atoms with E-state index in [2.05, 4.69) is 5.32 Å². The quantitative estimate of drug-likeness (QED) is 0.817. The zero-order valence-corrected chi connectivity index (χ0v) is 15.0. The molecule has 0 spiro atoms. The maximum absolute atomic E-state index is 12.0. The summed E-state index contributed by atoms with van der Waals surface area (Å²) in [5.41, 5.74) is 3.73. The minimum atomic E-state index is -3.01. The van der Waals surface area contributed by atoms with Crippen LogP contribution in [0.4, 0.5) is 5.69 Å². The Kier molecular flexibility index (Phi) is 5.64. The number of hydrogen-bond donors (Lipinski definition) is 1. The van der Waals surface area contributed by atoms with E-state index in [0.29, 0.717) is 6.42 Å². The predicted octanol–water partition coefficient (Wildman–Crippen LogP) is 1.92. The smallest absolute Gasteiger partial charge is 0.306 e. The first-order valence-corrected chi connectivity index (χ1v) is 9.72. The van der Waals surface area contributed by atoms with Crippen LogP contribution in [0.15, 0.2) is 12.1 Å². The lowest BCUT2D eigenvalue weighted by molar-refractivity contribution is -0.148. The molecule has 0 radical (unpaired) electrons. The molecule has 1 N–H and O–H groups in total. The van der Waals surface area contributed by atoms with E-state index in [9.17, 15) is 18.0 Å². The molecule has 132 valence electrons. The molecule has 24 heavy (non-hydrogen) atoms. The number of amides is 1. The maximum atomic E-state index is 12.0. The highest BCUT2D eigenvalue weighted by atomic mass is 32.2. The molecule has 0 bridgehead atoms. The minimum Gasteiger partial charge on any atom is -0.456 e. The Morgan fingerprint density at radius 2 is 1.83 bits per heavy atom. The van der Waals surface area contributed by atoms with E-state index in [1.54, 1.807) is 0 Å². The monoisotopic (exact) mass is 353 g/mol. The number of esters is 1. The third kappa shape index (κ3) is 5.06. The normalized spacial score (nSPS) is 19.0. The molecule has 0 aromatic heterocycles. The summed E-state index contributed by atoms with van der Waals surface area (Å²) in [7, 11) is -3.01. The van der Waals surface area contributed by atoms with E-state index in [0.717, 1.165) is 22.4 Å². The van der Waals surface area contributed by atoms with Gasteiger partial charge in [0.25, 0.3) is 5.91 Å². The number of anilines is 1. The van der Waals surface area contributed by atoms with Crippen molar-refractivity contribution in [1.29, 1.82) is 0 Å². The Morgan fingerprint density at radius 3 is 2.38 bits per heavy atom. The second kappa shape index (κ2) is 7.34. The number of sulfone groups is 1. The van der Waals surface area contributed by atoms with Crippen LogP contribution in [0.3, 0.4) is 0 Å². The van der Waals surface area contributed by atoms with Gasteiger partial charge in [-0.15, -0.1) is 0 Å². The van der Waals surface area contributed by atoms with Crippen LogP contribution in [0.5, 0.6) is 0 Å². The van der Waals surface area contributed by atoms with Gasteiger partial charge < -0.3 is 10.1 Å². The van der Waals surface area contributed by atoms with E-state index in [4.69, 9.17) is 4.74 Å². The first kappa shape index (κ1) is 18.4. The maximum Gasteiger partial charge on any atom is 0.306 e. The molecule has 1 aliphatic rings. The fourth-order valence-electron chi connectivity index (χ4n) is 3.03. The fraction of sp³-hybridized carbons (Fsp3) is 0.529. The number of ether oxygens (including phenoxy) is 1. The lowest BCUT2D eigenvalue weighted by atomic mass is 10.1. The van der Waals surface area contributed by atoms with Gasteiger partial charge in [0, 0.05) is 12.1 Å². The van der Waals surface area contributed by atoms with Crippen LogP contribution in [-0.4, -0.2) is 38.4 Å². The van der Waals surface area contributed by atoms with Gasteiger partial charge in [-0.1, -0.05) is 17.7 Å². The van der Waals surface area contributed by atoms with E-state index < -0.39 is 21.7 Å². The Bertz CT molecular complexity index is 731. The number of aryl methyl sites for hydroxylation is 3. The van der Waals surface area contributed by atoms with Crippen molar-refractivity contribution in [3.8, 4) is 0 Å². The number of nitrogens with one attached hydrogen (secondary N) is 1. The highest BCUT2D eigenvalue weighted by Crippen LogP contribution is 2.23. The third-order valence-corrected chi connectivity index (χ3v) is 5.92. The van der Waals surface area contributed by atoms with Gasteiger partial charge in [-0.25, -0.2) is 8.42 Å². The van der Waals surface area contributed by atoms with Gasteiger partial charge in [0.15, 0.2) is 16.4 Å². The zero-order valence-electron chi connectivity index (χ0n) is 14.2. The van der Waals surface area contributed by atoms with Gasteiger partial charge in [-0.3, -0.25) is 9.59 Å². The lowest BCUT2D eigenvalue weighted by Crippen LogP contribution is -2.23. The standard InChI is InChI=1S/C17H23NO5S/c1-11-6-12(2)17(13(3)7-11)18-15(19)9-23-16(20)8-14-4-5-24(21,22)10-14/h6-7,14H,4-5,8-10H2,1-3H3,(H,18,19)/t14-/m1/s1. The van der Waals surface area contributed by atoms with Crippen molar-refractivity contribution < 1.29 is 22.7 Å². The SMILES string of the molecule is Cc1cc(C)c(NC(=O)COC(=O)C[C@H]2CCS(=O)(=O)C2)c(C)c1. The molecule has 6 nitrogen and oxygen atoms in total. The molecule has 1 aliphatic heterocycles. The highest BCUT2D eigenvalue weighted by Gasteiger charge is 2.30. The van der Waals surface area contributed by atoms with E-state index in [1.807, 2.05) is 32.9 Å². The average Bonchev–Trinajstić information content (AvgIpc) is 2.79. The van der Waals surface area contributed by atoms with Crippen molar-refractivity contribution in [3.05, 3.63) is 28.8 Å². The van der Waals surface area contributed by atoms with Crippen molar-refractivity contribution in [3.63, 3.8) is 0 Å². The van der Waals surface area contributed by atoms with Crippen molar-refractivity contribution in [2.75, 3.05) is 23.4 Å². The molecule has 0 aliphatic carbocycles. The summed E-state index contributed by atoms with van der Waals surface area (Å²) in [6.07, 6.45) is 0.514. The Labute approximate surface area is 142 Å². The minimum absolute atomic E-state index is 0.0239. The number of benzene rings is 1. The van der Waals surface area contributed by atoms with E-state index >= 15 is 0 Å². The molecular weight excluding hydrogens is 330 g/mol. The van der Waals surface area contributed by atoms with Crippen LogP contribution in [0, 0.1) is 26.7 Å². The molecule has 7 heteroatoms. The topological polar surface area (TPSA) is 89.5 Å². The van der Waals surface area contributed by atoms with Gasteiger partial charge in [-0.05, 0) is 44.2 Å². The van der Waals surface area contributed by atoms with Gasteiger partial charge in [0.05, 0.1) is 11.5 Å². The summed E-state index contributed by atoms with van der Waals surface area (Å²) >= 11 is 0. The first-order valence-electron chi connectivity index (χ1n) is 7.90. The van der Waals surface area contributed by atoms with Crippen molar-refractivity contribution in [2.24, 2.45) is 5.92 Å². The second-order valence-electron chi connectivity index (χ2n) is 6.46. The van der Waals surface area contributed by atoms with Gasteiger partial charge in [0.1, 0.15) is 0 Å². The number of rotatable bonds is 5. The summed E-state index contributed by atoms with van der Waals surface area (Å²) in [6.45, 7) is 5.42. The zero-order chi connectivity index (χ0) is 17.9. The molecule has 1 amide bonds. The van der Waals surface area contributed by atoms with Crippen LogP contribution in [0.25, 0.3) is 0 Å². The number of carbonyl (C=O) groups is 2. The molecule has 0 unspecified atom stereocenters. The average molecular weight is 353 g/mol. The Balaban J connectivity index is 1.82. The third-order valence-electron chi connectivity index (χ3n) is 4.09. The Morgan fingerprint density at radius 1 is 1.21 bits per heavy atom. The molecule has 1 heterocycles. The molecule has 2 rings (SSSR count). The molecule has 1 aromatic rings. The predicted molar refractivity (Wildman–Crippen MR) is 91.6 cm³/mol. The van der Waals surface area contributed by atoms with Gasteiger partial charge >= 0.3 is 5.97 Å². The van der Waals surface area contributed by atoms with E-state index in [-0.39, 0.29) is 30.5 Å². The molecule has 1 atom stereocenters. The first-order chi connectivity index (χ1) is 11.2. The summed E-state index contributed by atoms with van der Waals surface area (Å²) in [6, 6.07) is 3.93. The van der Waals surface area contributed by atoms with Crippen molar-refractivity contribution in [2.45, 2.75) is 33.6 Å². The molecule has 1 aromatic carbocycles. The van der Waals surface area contributed by atoms with Crippen LogP contribution in [0.2, 0.25) is 0 Å². The Hall–Kier alpha value is -1.89. The van der Waals surface area contributed by atoms with Crippen LogP contribution in [0.1, 0.15) is 29.5 Å². The largest absolute Gasteiger partial charge is 0.456 e. The van der Waals surface area contributed by atoms with E-state index in [1.165, 1.54) is 0 Å². The van der Waals surface area contributed by atoms with Crippen LogP contribution < -0.4 is 5.32 Å². The molecular formula is C17H23NO5S. The number of carbonyl (C=O) groups excluding carboxylic acids is 2. The molecule has 1 saturated heterocycles. The second-order valence-corrected chi connectivity index (χ2v) is 8.68.